The van der Waals surface area contributed by atoms with E-state index in [2.05, 4.69) is 5.32 Å². The first kappa shape index (κ1) is 16.3. The predicted octanol–water partition coefficient (Wildman–Crippen LogP) is 2.89. The van der Waals surface area contributed by atoms with E-state index >= 15 is 0 Å². The van der Waals surface area contributed by atoms with Crippen molar-refractivity contribution in [2.45, 2.75) is 50.9 Å². The van der Waals surface area contributed by atoms with Crippen molar-refractivity contribution < 1.29 is 19.0 Å². The second-order valence-corrected chi connectivity index (χ2v) is 6.19. The lowest BCUT2D eigenvalue weighted by Crippen LogP contribution is -2.37. The van der Waals surface area contributed by atoms with E-state index in [1.54, 1.807) is 12.1 Å². The molecule has 1 saturated heterocycles. The molecule has 2 aliphatic rings. The highest BCUT2D eigenvalue weighted by molar-refractivity contribution is 5.94. The summed E-state index contributed by atoms with van der Waals surface area (Å²) in [5, 5.41) is 2.93. The molecule has 0 radical (unpaired) electrons. The summed E-state index contributed by atoms with van der Waals surface area (Å²) in [5.74, 6) is 0.296. The Balaban J connectivity index is 1.47. The maximum atomic E-state index is 12.2. The minimum Gasteiger partial charge on any atom is -0.494 e. The molecule has 1 aliphatic carbocycles. The van der Waals surface area contributed by atoms with E-state index in [1.165, 1.54) is 6.42 Å². The Bertz CT molecular complexity index is 522. The van der Waals surface area contributed by atoms with Gasteiger partial charge in [-0.1, -0.05) is 6.42 Å². The fourth-order valence-electron chi connectivity index (χ4n) is 3.25. The molecular weight excluding hydrogens is 294 g/mol. The van der Waals surface area contributed by atoms with Crippen LogP contribution in [0.3, 0.4) is 0 Å². The third-order valence-electron chi connectivity index (χ3n) is 4.45. The number of ether oxygens (including phenoxy) is 3. The molecule has 5 nitrogen and oxygen atoms in total. The molecule has 0 aromatic heterocycles. The molecule has 1 amide bonds. The summed E-state index contributed by atoms with van der Waals surface area (Å²) in [6.07, 6.45) is 5.45. The summed E-state index contributed by atoms with van der Waals surface area (Å²) >= 11 is 0. The van der Waals surface area contributed by atoms with Gasteiger partial charge in [0.25, 0.3) is 5.91 Å². The zero-order chi connectivity index (χ0) is 16.1. The highest BCUT2D eigenvalue weighted by atomic mass is 16.7. The van der Waals surface area contributed by atoms with E-state index in [1.807, 2.05) is 19.1 Å². The zero-order valence-electron chi connectivity index (χ0n) is 13.7. The van der Waals surface area contributed by atoms with E-state index in [0.29, 0.717) is 25.3 Å². The number of nitrogens with one attached hydrogen (secondary N) is 1. The summed E-state index contributed by atoms with van der Waals surface area (Å²) in [6, 6.07) is 7.17. The SMILES string of the molecule is CCOc1ccc(C(=O)NC[C@@H]2COC3(CCCCC3)O2)cc1. The average Bonchev–Trinajstić information content (AvgIpc) is 2.97. The van der Waals surface area contributed by atoms with Gasteiger partial charge in [-0.25, -0.2) is 0 Å². The van der Waals surface area contributed by atoms with Gasteiger partial charge in [-0.15, -0.1) is 0 Å². The normalized spacial score (nSPS) is 22.9. The maximum Gasteiger partial charge on any atom is 0.251 e. The molecule has 1 aliphatic heterocycles. The largest absolute Gasteiger partial charge is 0.494 e. The van der Waals surface area contributed by atoms with E-state index in [4.69, 9.17) is 14.2 Å². The van der Waals surface area contributed by atoms with Crippen LogP contribution < -0.4 is 10.1 Å². The van der Waals surface area contributed by atoms with Crippen LogP contribution in [-0.4, -0.2) is 37.6 Å². The smallest absolute Gasteiger partial charge is 0.251 e. The number of amides is 1. The molecule has 1 atom stereocenters. The van der Waals surface area contributed by atoms with Crippen LogP contribution in [0.2, 0.25) is 0 Å². The van der Waals surface area contributed by atoms with Crippen LogP contribution in [0.5, 0.6) is 5.75 Å². The monoisotopic (exact) mass is 319 g/mol. The van der Waals surface area contributed by atoms with Crippen LogP contribution in [-0.2, 0) is 9.47 Å². The topological polar surface area (TPSA) is 56.8 Å². The van der Waals surface area contributed by atoms with E-state index < -0.39 is 0 Å². The molecule has 1 spiro atoms. The van der Waals surface area contributed by atoms with Crippen LogP contribution in [0.1, 0.15) is 49.4 Å². The Morgan fingerprint density at radius 2 is 2.00 bits per heavy atom. The van der Waals surface area contributed by atoms with Crippen LogP contribution in [0.25, 0.3) is 0 Å². The van der Waals surface area contributed by atoms with Gasteiger partial charge in [0.15, 0.2) is 5.79 Å². The highest BCUT2D eigenvalue weighted by Crippen LogP contribution is 2.37. The standard InChI is InChI=1S/C18H25NO4/c1-2-21-15-8-6-14(7-9-15)17(20)19-12-16-13-22-18(23-16)10-4-3-5-11-18/h6-9,16H,2-5,10-13H2,1H3,(H,19,20)/t16-/m1/s1. The average molecular weight is 319 g/mol. The van der Waals surface area contributed by atoms with Gasteiger partial charge in [-0.2, -0.15) is 0 Å². The summed E-state index contributed by atoms with van der Waals surface area (Å²) in [5.41, 5.74) is 0.625. The van der Waals surface area contributed by atoms with Crippen LogP contribution in [0.4, 0.5) is 0 Å². The first-order valence-electron chi connectivity index (χ1n) is 8.54. The lowest BCUT2D eigenvalue weighted by molar-refractivity contribution is -0.186. The summed E-state index contributed by atoms with van der Waals surface area (Å²) in [4.78, 5) is 12.2. The third-order valence-corrected chi connectivity index (χ3v) is 4.45. The summed E-state index contributed by atoms with van der Waals surface area (Å²) < 4.78 is 17.3. The Morgan fingerprint density at radius 3 is 2.70 bits per heavy atom. The fraction of sp³-hybridized carbons (Fsp3) is 0.611. The lowest BCUT2D eigenvalue weighted by Gasteiger charge is -2.31. The minimum atomic E-state index is -0.382. The minimum absolute atomic E-state index is 0.0558. The third kappa shape index (κ3) is 4.03. The van der Waals surface area contributed by atoms with E-state index in [0.717, 1.165) is 31.4 Å². The first-order chi connectivity index (χ1) is 11.2. The number of hydrogen-bond donors (Lipinski definition) is 1. The van der Waals surface area contributed by atoms with Crippen molar-refractivity contribution in [1.82, 2.24) is 5.32 Å². The molecule has 1 N–H and O–H groups in total. The Kier molecular flexibility index (Phi) is 5.18. The highest BCUT2D eigenvalue weighted by Gasteiger charge is 2.42. The van der Waals surface area contributed by atoms with Crippen LogP contribution in [0.15, 0.2) is 24.3 Å². The maximum absolute atomic E-state index is 12.2. The predicted molar refractivity (Wildman–Crippen MR) is 86.6 cm³/mol. The second-order valence-electron chi connectivity index (χ2n) is 6.19. The molecule has 1 aromatic carbocycles. The van der Waals surface area contributed by atoms with Gasteiger partial charge in [-0.05, 0) is 44.0 Å². The molecule has 1 aromatic rings. The number of hydrogen-bond acceptors (Lipinski definition) is 4. The van der Waals surface area contributed by atoms with Crippen molar-refractivity contribution >= 4 is 5.91 Å². The van der Waals surface area contributed by atoms with Crippen LogP contribution in [0, 0.1) is 0 Å². The summed E-state index contributed by atoms with van der Waals surface area (Å²) in [7, 11) is 0. The summed E-state index contributed by atoms with van der Waals surface area (Å²) in [6.45, 7) is 3.59. The quantitative estimate of drug-likeness (QED) is 0.906. The van der Waals surface area contributed by atoms with Gasteiger partial charge in [0, 0.05) is 24.9 Å². The van der Waals surface area contributed by atoms with Crippen molar-refractivity contribution in [3.63, 3.8) is 0 Å². The van der Waals surface area contributed by atoms with Crippen molar-refractivity contribution in [2.24, 2.45) is 0 Å². The van der Waals surface area contributed by atoms with Gasteiger partial charge in [0.1, 0.15) is 11.9 Å². The number of carbonyl (C=O) groups is 1. The Morgan fingerprint density at radius 1 is 1.26 bits per heavy atom. The molecule has 3 rings (SSSR count). The number of carbonyl (C=O) groups excluding carboxylic acids is 1. The van der Waals surface area contributed by atoms with Gasteiger partial charge < -0.3 is 19.5 Å². The van der Waals surface area contributed by atoms with Crippen LogP contribution >= 0.6 is 0 Å². The van der Waals surface area contributed by atoms with E-state index in [-0.39, 0.29) is 17.8 Å². The second kappa shape index (κ2) is 7.32. The van der Waals surface area contributed by atoms with Gasteiger partial charge in [-0.3, -0.25) is 4.79 Å². The van der Waals surface area contributed by atoms with Crippen molar-refractivity contribution in [2.75, 3.05) is 19.8 Å². The van der Waals surface area contributed by atoms with E-state index in [9.17, 15) is 4.79 Å². The molecule has 5 heteroatoms. The van der Waals surface area contributed by atoms with Crippen molar-refractivity contribution in [1.29, 1.82) is 0 Å². The molecule has 23 heavy (non-hydrogen) atoms. The zero-order valence-corrected chi connectivity index (χ0v) is 13.7. The van der Waals surface area contributed by atoms with Crippen molar-refractivity contribution in [3.05, 3.63) is 29.8 Å². The fourth-order valence-corrected chi connectivity index (χ4v) is 3.25. The molecule has 126 valence electrons. The lowest BCUT2D eigenvalue weighted by atomic mass is 9.94. The number of benzene rings is 1. The van der Waals surface area contributed by atoms with Gasteiger partial charge >= 0.3 is 0 Å². The molecule has 2 fully saturated rings. The molecule has 0 bridgehead atoms. The molecule has 1 saturated carbocycles. The number of rotatable bonds is 5. The first-order valence-corrected chi connectivity index (χ1v) is 8.54. The Labute approximate surface area is 137 Å². The molecule has 0 unspecified atom stereocenters. The Hall–Kier alpha value is -1.59. The molecule has 1 heterocycles. The molecular formula is C18H25NO4. The van der Waals surface area contributed by atoms with Gasteiger partial charge in [0.2, 0.25) is 0 Å². The van der Waals surface area contributed by atoms with Gasteiger partial charge in [0.05, 0.1) is 13.2 Å². The van der Waals surface area contributed by atoms with Crippen molar-refractivity contribution in [3.8, 4) is 5.75 Å².